The molecule has 4 nitrogen and oxygen atoms in total. The lowest BCUT2D eigenvalue weighted by Gasteiger charge is -2.29. The van der Waals surface area contributed by atoms with Crippen molar-refractivity contribution in [3.63, 3.8) is 0 Å². The number of benzene rings is 1. The first-order valence-corrected chi connectivity index (χ1v) is 7.65. The van der Waals surface area contributed by atoms with Crippen LogP contribution in [0, 0.1) is 6.92 Å². The van der Waals surface area contributed by atoms with Gasteiger partial charge in [0.05, 0.1) is 6.04 Å². The van der Waals surface area contributed by atoms with E-state index >= 15 is 0 Å². The minimum absolute atomic E-state index is 0.198. The molecule has 4 heteroatoms. The van der Waals surface area contributed by atoms with Gasteiger partial charge in [0.15, 0.2) is 0 Å². The summed E-state index contributed by atoms with van der Waals surface area (Å²) in [6.07, 6.45) is 1.87. The molecule has 1 aromatic rings. The van der Waals surface area contributed by atoms with Crippen molar-refractivity contribution in [1.82, 2.24) is 4.90 Å². The van der Waals surface area contributed by atoms with Gasteiger partial charge in [-0.2, -0.15) is 0 Å². The first kappa shape index (κ1) is 15.7. The molecule has 0 saturated carbocycles. The van der Waals surface area contributed by atoms with Crippen molar-refractivity contribution in [2.45, 2.75) is 52.2 Å². The second-order valence-electron chi connectivity index (χ2n) is 6.72. The molecule has 0 radical (unpaired) electrons. The quantitative estimate of drug-likeness (QED) is 0.920. The van der Waals surface area contributed by atoms with E-state index in [4.69, 9.17) is 4.74 Å². The lowest BCUT2D eigenvalue weighted by molar-refractivity contribution is 0.0235. The predicted molar refractivity (Wildman–Crippen MR) is 85.6 cm³/mol. The molecule has 116 valence electrons. The average Bonchev–Trinajstić information content (AvgIpc) is 2.83. The van der Waals surface area contributed by atoms with Gasteiger partial charge < -0.3 is 15.0 Å². The zero-order chi connectivity index (χ0) is 15.5. The molecule has 1 saturated heterocycles. The molecule has 1 amide bonds. The van der Waals surface area contributed by atoms with Gasteiger partial charge in [0.2, 0.25) is 0 Å². The minimum atomic E-state index is -0.436. The van der Waals surface area contributed by atoms with Crippen molar-refractivity contribution in [2.75, 3.05) is 18.4 Å². The zero-order valence-electron chi connectivity index (χ0n) is 13.5. The molecule has 2 rings (SSSR count). The Bertz CT molecular complexity index is 494. The Hall–Kier alpha value is -1.71. The summed E-state index contributed by atoms with van der Waals surface area (Å²) in [6, 6.07) is 8.50. The van der Waals surface area contributed by atoms with E-state index in [0.717, 1.165) is 31.6 Å². The third-order valence-corrected chi connectivity index (χ3v) is 3.57. The number of carbonyl (C=O) groups is 1. The molecule has 1 heterocycles. The maximum atomic E-state index is 12.2. The maximum Gasteiger partial charge on any atom is 0.410 e. The van der Waals surface area contributed by atoms with Crippen molar-refractivity contribution < 1.29 is 9.53 Å². The first-order valence-electron chi connectivity index (χ1n) is 7.65. The van der Waals surface area contributed by atoms with Crippen LogP contribution >= 0.6 is 0 Å². The van der Waals surface area contributed by atoms with Gasteiger partial charge in [-0.05, 0) is 58.2 Å². The molecular weight excluding hydrogens is 264 g/mol. The van der Waals surface area contributed by atoms with Crippen LogP contribution in [0.5, 0.6) is 0 Å². The van der Waals surface area contributed by atoms with Crippen molar-refractivity contribution in [3.8, 4) is 0 Å². The molecule has 1 aliphatic rings. The Balaban J connectivity index is 1.91. The normalized spacial score (nSPS) is 18.7. The summed E-state index contributed by atoms with van der Waals surface area (Å²) in [6.45, 7) is 9.34. The van der Waals surface area contributed by atoms with E-state index < -0.39 is 5.60 Å². The number of aryl methyl sites for hydroxylation is 1. The van der Waals surface area contributed by atoms with E-state index in [0.29, 0.717) is 0 Å². The molecule has 0 spiro atoms. The molecule has 1 N–H and O–H groups in total. The van der Waals surface area contributed by atoms with Crippen LogP contribution in [0.1, 0.15) is 39.2 Å². The largest absolute Gasteiger partial charge is 0.444 e. The molecule has 1 aromatic carbocycles. The Kier molecular flexibility index (Phi) is 4.76. The molecule has 1 fully saturated rings. The van der Waals surface area contributed by atoms with E-state index in [1.165, 1.54) is 5.56 Å². The number of amides is 1. The number of likely N-dealkylation sites (tertiary alicyclic amines) is 1. The van der Waals surface area contributed by atoms with Crippen molar-refractivity contribution in [1.29, 1.82) is 0 Å². The van der Waals surface area contributed by atoms with Gasteiger partial charge in [-0.3, -0.25) is 0 Å². The summed E-state index contributed by atoms with van der Waals surface area (Å²) in [4.78, 5) is 14.1. The Labute approximate surface area is 127 Å². The van der Waals surface area contributed by atoms with Crippen LogP contribution in [-0.4, -0.2) is 35.7 Å². The van der Waals surface area contributed by atoms with Gasteiger partial charge in [0.25, 0.3) is 0 Å². The minimum Gasteiger partial charge on any atom is -0.444 e. The van der Waals surface area contributed by atoms with E-state index in [1.807, 2.05) is 31.7 Å². The Morgan fingerprint density at radius 1 is 1.43 bits per heavy atom. The maximum absolute atomic E-state index is 12.2. The molecule has 0 aromatic heterocycles. The van der Waals surface area contributed by atoms with E-state index in [-0.39, 0.29) is 12.1 Å². The topological polar surface area (TPSA) is 41.6 Å². The van der Waals surface area contributed by atoms with Gasteiger partial charge >= 0.3 is 6.09 Å². The van der Waals surface area contributed by atoms with Gasteiger partial charge in [0.1, 0.15) is 5.60 Å². The summed E-state index contributed by atoms with van der Waals surface area (Å²) in [5, 5.41) is 3.43. The summed E-state index contributed by atoms with van der Waals surface area (Å²) in [5.41, 5.74) is 1.90. The molecule has 1 atom stereocenters. The molecular formula is C17H26N2O2. The highest BCUT2D eigenvalue weighted by atomic mass is 16.6. The third-order valence-electron chi connectivity index (χ3n) is 3.57. The van der Waals surface area contributed by atoms with Crippen molar-refractivity contribution >= 4 is 11.8 Å². The van der Waals surface area contributed by atoms with E-state index in [1.54, 1.807) is 0 Å². The van der Waals surface area contributed by atoms with Crippen LogP contribution in [0.25, 0.3) is 0 Å². The number of hydrogen-bond donors (Lipinski definition) is 1. The van der Waals surface area contributed by atoms with Crippen LogP contribution < -0.4 is 5.32 Å². The van der Waals surface area contributed by atoms with Crippen molar-refractivity contribution in [3.05, 3.63) is 29.8 Å². The van der Waals surface area contributed by atoms with Crippen LogP contribution in [0.3, 0.4) is 0 Å². The number of hydrogen-bond acceptors (Lipinski definition) is 3. The number of carbonyl (C=O) groups excluding carboxylic acids is 1. The number of rotatable bonds is 3. The van der Waals surface area contributed by atoms with Gasteiger partial charge in [-0.25, -0.2) is 4.79 Å². The SMILES string of the molecule is Cc1cccc(NCC2CCCN2C(=O)OC(C)(C)C)c1. The van der Waals surface area contributed by atoms with Crippen LogP contribution in [0.15, 0.2) is 24.3 Å². The van der Waals surface area contributed by atoms with E-state index in [9.17, 15) is 4.79 Å². The molecule has 0 bridgehead atoms. The molecule has 1 unspecified atom stereocenters. The molecule has 0 aliphatic carbocycles. The van der Waals surface area contributed by atoms with Crippen LogP contribution in [-0.2, 0) is 4.74 Å². The summed E-state index contributed by atoms with van der Waals surface area (Å²) < 4.78 is 5.48. The van der Waals surface area contributed by atoms with Crippen LogP contribution in [0.4, 0.5) is 10.5 Å². The fraction of sp³-hybridized carbons (Fsp3) is 0.588. The summed E-state index contributed by atoms with van der Waals surface area (Å²) >= 11 is 0. The van der Waals surface area contributed by atoms with Crippen molar-refractivity contribution in [2.24, 2.45) is 0 Å². The third kappa shape index (κ3) is 4.66. The Morgan fingerprint density at radius 3 is 2.86 bits per heavy atom. The summed E-state index contributed by atoms with van der Waals surface area (Å²) in [5.74, 6) is 0. The highest BCUT2D eigenvalue weighted by Gasteiger charge is 2.31. The number of nitrogens with one attached hydrogen (secondary N) is 1. The average molecular weight is 290 g/mol. The molecule has 21 heavy (non-hydrogen) atoms. The number of nitrogens with zero attached hydrogens (tertiary/aromatic N) is 1. The first-order chi connectivity index (χ1) is 9.85. The molecule has 1 aliphatic heterocycles. The monoisotopic (exact) mass is 290 g/mol. The fourth-order valence-electron chi connectivity index (χ4n) is 2.60. The van der Waals surface area contributed by atoms with Crippen LogP contribution in [0.2, 0.25) is 0 Å². The lowest BCUT2D eigenvalue weighted by Crippen LogP contribution is -2.42. The predicted octanol–water partition coefficient (Wildman–Crippen LogP) is 3.81. The lowest BCUT2D eigenvalue weighted by atomic mass is 10.2. The van der Waals surface area contributed by atoms with Gasteiger partial charge in [-0.15, -0.1) is 0 Å². The number of anilines is 1. The van der Waals surface area contributed by atoms with Gasteiger partial charge in [0, 0.05) is 18.8 Å². The smallest absolute Gasteiger partial charge is 0.410 e. The summed E-state index contributed by atoms with van der Waals surface area (Å²) in [7, 11) is 0. The van der Waals surface area contributed by atoms with E-state index in [2.05, 4.69) is 30.4 Å². The highest BCUT2D eigenvalue weighted by molar-refractivity contribution is 5.69. The fourth-order valence-corrected chi connectivity index (χ4v) is 2.60. The number of ether oxygens (including phenoxy) is 1. The second-order valence-corrected chi connectivity index (χ2v) is 6.72. The zero-order valence-corrected chi connectivity index (χ0v) is 13.5. The standard InChI is InChI=1S/C17H26N2O2/c1-13-7-5-8-14(11-13)18-12-15-9-6-10-19(15)16(20)21-17(2,3)4/h5,7-8,11,15,18H,6,9-10,12H2,1-4H3. The highest BCUT2D eigenvalue weighted by Crippen LogP contribution is 2.21. The Morgan fingerprint density at radius 2 is 2.19 bits per heavy atom. The second kappa shape index (κ2) is 6.37. The van der Waals surface area contributed by atoms with Gasteiger partial charge in [-0.1, -0.05) is 12.1 Å².